The van der Waals surface area contributed by atoms with E-state index in [4.69, 9.17) is 5.73 Å². The summed E-state index contributed by atoms with van der Waals surface area (Å²) in [6.45, 7) is 4.10. The largest absolute Gasteiger partial charge is 0.351 e. The first-order valence-electron chi connectivity index (χ1n) is 7.71. The molecule has 21 heavy (non-hydrogen) atoms. The number of nitrogens with one attached hydrogen (secondary N) is 1. The number of carbonyl (C=O) groups excluding carboxylic acids is 1. The summed E-state index contributed by atoms with van der Waals surface area (Å²) in [4.78, 5) is 12.2. The van der Waals surface area contributed by atoms with Gasteiger partial charge >= 0.3 is 0 Å². The fourth-order valence-electron chi connectivity index (χ4n) is 2.49. The predicted octanol–water partition coefficient (Wildman–Crippen LogP) is 2.92. The monoisotopic (exact) mass is 310 g/mol. The van der Waals surface area contributed by atoms with Gasteiger partial charge in [0.2, 0.25) is 5.91 Å². The molecule has 0 saturated heterocycles. The fraction of sp³-hybridized carbons (Fsp3) is 0.588. The van der Waals surface area contributed by atoms with Crippen LogP contribution in [0.4, 0.5) is 0 Å². The van der Waals surface area contributed by atoms with Crippen molar-refractivity contribution in [3.05, 3.63) is 35.9 Å². The van der Waals surface area contributed by atoms with Crippen LogP contribution in [0.3, 0.4) is 0 Å². The van der Waals surface area contributed by atoms with E-state index < -0.39 is 6.04 Å². The normalized spacial score (nSPS) is 18.2. The van der Waals surface area contributed by atoms with Gasteiger partial charge < -0.3 is 11.1 Å². The lowest BCUT2D eigenvalue weighted by Gasteiger charge is -2.23. The molecule has 0 aromatic heterocycles. The van der Waals surface area contributed by atoms with Gasteiger partial charge in [-0.2, -0.15) is 0 Å². The summed E-state index contributed by atoms with van der Waals surface area (Å²) in [5, 5.41) is 3.18. The second-order valence-corrected chi connectivity index (χ2v) is 6.05. The van der Waals surface area contributed by atoms with Crippen molar-refractivity contribution < 1.29 is 4.79 Å². The van der Waals surface area contributed by atoms with Crippen LogP contribution in [0.2, 0.25) is 0 Å². The number of nitrogens with two attached hydrogens (primary N) is 1. The topological polar surface area (TPSA) is 55.1 Å². The van der Waals surface area contributed by atoms with E-state index in [2.05, 4.69) is 24.4 Å². The first-order valence-corrected chi connectivity index (χ1v) is 7.71. The molecule has 3 unspecified atom stereocenters. The molecular weight excluding hydrogens is 284 g/mol. The number of hydrogen-bond acceptors (Lipinski definition) is 2. The zero-order chi connectivity index (χ0) is 14.5. The van der Waals surface area contributed by atoms with Crippen molar-refractivity contribution in [1.29, 1.82) is 0 Å². The van der Waals surface area contributed by atoms with Crippen LogP contribution >= 0.6 is 12.4 Å². The zero-order valence-electron chi connectivity index (χ0n) is 12.9. The van der Waals surface area contributed by atoms with E-state index >= 15 is 0 Å². The standard InChI is InChI=1S/C17H26N2O.ClH/c1-3-12(2)16(18)17(20)19-15(14-9-10-14)11-13-7-5-4-6-8-13;/h4-8,12,14-16H,3,9-11,18H2,1-2H3,(H,19,20);1H. The van der Waals surface area contributed by atoms with Gasteiger partial charge in [-0.15, -0.1) is 12.4 Å². The van der Waals surface area contributed by atoms with Gasteiger partial charge in [-0.1, -0.05) is 50.6 Å². The molecule has 3 N–H and O–H groups in total. The minimum Gasteiger partial charge on any atom is -0.351 e. The first kappa shape index (κ1) is 18.0. The second-order valence-electron chi connectivity index (χ2n) is 6.05. The van der Waals surface area contributed by atoms with E-state index in [1.165, 1.54) is 18.4 Å². The van der Waals surface area contributed by atoms with Gasteiger partial charge in [0.15, 0.2) is 0 Å². The molecule has 1 aliphatic carbocycles. The van der Waals surface area contributed by atoms with Gasteiger partial charge in [0.1, 0.15) is 0 Å². The molecule has 1 aromatic carbocycles. The van der Waals surface area contributed by atoms with E-state index in [9.17, 15) is 4.79 Å². The van der Waals surface area contributed by atoms with Gasteiger partial charge in [-0.3, -0.25) is 4.79 Å². The highest BCUT2D eigenvalue weighted by molar-refractivity contribution is 5.85. The number of carbonyl (C=O) groups is 1. The minimum absolute atomic E-state index is 0. The third-order valence-electron chi connectivity index (χ3n) is 4.38. The summed E-state index contributed by atoms with van der Waals surface area (Å²) < 4.78 is 0. The van der Waals surface area contributed by atoms with Crippen LogP contribution in [0.15, 0.2) is 30.3 Å². The van der Waals surface area contributed by atoms with Crippen LogP contribution in [-0.2, 0) is 11.2 Å². The third-order valence-corrected chi connectivity index (χ3v) is 4.38. The summed E-state index contributed by atoms with van der Waals surface area (Å²) in [6, 6.07) is 10.2. The van der Waals surface area contributed by atoms with E-state index in [0.29, 0.717) is 5.92 Å². The van der Waals surface area contributed by atoms with E-state index in [0.717, 1.165) is 12.8 Å². The molecular formula is C17H27ClN2O. The van der Waals surface area contributed by atoms with Crippen molar-refractivity contribution in [1.82, 2.24) is 5.32 Å². The molecule has 0 heterocycles. The summed E-state index contributed by atoms with van der Waals surface area (Å²) in [5.41, 5.74) is 7.30. The number of amides is 1. The van der Waals surface area contributed by atoms with Crippen molar-refractivity contribution in [2.75, 3.05) is 0 Å². The summed E-state index contributed by atoms with van der Waals surface area (Å²) >= 11 is 0. The van der Waals surface area contributed by atoms with Crippen LogP contribution in [-0.4, -0.2) is 18.0 Å². The molecule has 0 radical (unpaired) electrons. The lowest BCUT2D eigenvalue weighted by Crippen LogP contribution is -2.49. The molecule has 1 saturated carbocycles. The van der Waals surface area contributed by atoms with Crippen LogP contribution < -0.4 is 11.1 Å². The second kappa shape index (κ2) is 8.40. The highest BCUT2D eigenvalue weighted by Gasteiger charge is 2.33. The quantitative estimate of drug-likeness (QED) is 0.813. The molecule has 118 valence electrons. The maximum Gasteiger partial charge on any atom is 0.237 e. The van der Waals surface area contributed by atoms with Crippen molar-refractivity contribution in [3.63, 3.8) is 0 Å². The van der Waals surface area contributed by atoms with Gasteiger partial charge in [0.05, 0.1) is 6.04 Å². The van der Waals surface area contributed by atoms with Crippen molar-refractivity contribution in [3.8, 4) is 0 Å². The van der Waals surface area contributed by atoms with Gasteiger partial charge in [0.25, 0.3) is 0 Å². The Balaban J connectivity index is 0.00000220. The van der Waals surface area contributed by atoms with Crippen LogP contribution in [0.1, 0.15) is 38.7 Å². The first-order chi connectivity index (χ1) is 9.61. The van der Waals surface area contributed by atoms with Gasteiger partial charge in [-0.05, 0) is 36.7 Å². The molecule has 0 aliphatic heterocycles. The Labute approximate surface area is 134 Å². The Morgan fingerprint density at radius 1 is 1.33 bits per heavy atom. The average Bonchev–Trinajstić information content (AvgIpc) is 3.30. The molecule has 0 spiro atoms. The molecule has 1 amide bonds. The highest BCUT2D eigenvalue weighted by Crippen LogP contribution is 2.34. The molecule has 3 atom stereocenters. The summed E-state index contributed by atoms with van der Waals surface area (Å²) in [6.07, 6.45) is 4.28. The Bertz CT molecular complexity index is 434. The molecule has 3 nitrogen and oxygen atoms in total. The molecule has 0 bridgehead atoms. The van der Waals surface area contributed by atoms with Crippen molar-refractivity contribution >= 4 is 18.3 Å². The molecule has 2 rings (SSSR count). The highest BCUT2D eigenvalue weighted by atomic mass is 35.5. The molecule has 4 heteroatoms. The van der Waals surface area contributed by atoms with Crippen LogP contribution in [0, 0.1) is 11.8 Å². The van der Waals surface area contributed by atoms with Gasteiger partial charge in [-0.25, -0.2) is 0 Å². The third kappa shape index (κ3) is 5.33. The Kier molecular flexibility index (Phi) is 7.20. The maximum absolute atomic E-state index is 12.2. The lowest BCUT2D eigenvalue weighted by atomic mass is 9.97. The number of rotatable bonds is 7. The molecule has 1 aliphatic rings. The SMILES string of the molecule is CCC(C)C(N)C(=O)NC(Cc1ccccc1)C1CC1.Cl. The number of benzene rings is 1. The summed E-state index contributed by atoms with van der Waals surface area (Å²) in [5.74, 6) is 0.863. The lowest BCUT2D eigenvalue weighted by molar-refractivity contribution is -0.124. The Hall–Kier alpha value is -1.06. The maximum atomic E-state index is 12.2. The minimum atomic E-state index is -0.392. The average molecular weight is 311 g/mol. The van der Waals surface area contributed by atoms with E-state index in [1.54, 1.807) is 0 Å². The summed E-state index contributed by atoms with van der Waals surface area (Å²) in [7, 11) is 0. The van der Waals surface area contributed by atoms with E-state index in [-0.39, 0.29) is 30.3 Å². The van der Waals surface area contributed by atoms with Crippen molar-refractivity contribution in [2.45, 2.75) is 51.6 Å². The Morgan fingerprint density at radius 3 is 2.48 bits per heavy atom. The van der Waals surface area contributed by atoms with Crippen LogP contribution in [0.25, 0.3) is 0 Å². The molecule has 1 aromatic rings. The predicted molar refractivity (Wildman–Crippen MR) is 89.5 cm³/mol. The van der Waals surface area contributed by atoms with E-state index in [1.807, 2.05) is 25.1 Å². The van der Waals surface area contributed by atoms with Crippen molar-refractivity contribution in [2.24, 2.45) is 17.6 Å². The zero-order valence-corrected chi connectivity index (χ0v) is 13.7. The van der Waals surface area contributed by atoms with Gasteiger partial charge in [0, 0.05) is 6.04 Å². The fourth-order valence-corrected chi connectivity index (χ4v) is 2.49. The Morgan fingerprint density at radius 2 is 1.95 bits per heavy atom. The van der Waals surface area contributed by atoms with Crippen LogP contribution in [0.5, 0.6) is 0 Å². The molecule has 1 fully saturated rings. The number of halogens is 1. The smallest absolute Gasteiger partial charge is 0.237 e. The number of hydrogen-bond donors (Lipinski definition) is 2.